The first kappa shape index (κ1) is 14.7. The molecule has 1 fully saturated rings. The molecular formula is C15H22N2O3. The van der Waals surface area contributed by atoms with Crippen LogP contribution in [0.4, 0.5) is 0 Å². The van der Waals surface area contributed by atoms with Gasteiger partial charge in [-0.3, -0.25) is 4.79 Å². The minimum atomic E-state index is -0.154. The zero-order valence-corrected chi connectivity index (χ0v) is 12.2. The first-order valence-electron chi connectivity index (χ1n) is 6.90. The van der Waals surface area contributed by atoms with Crippen LogP contribution in [0.25, 0.3) is 0 Å². The number of nitrogens with one attached hydrogen (secondary N) is 2. The first-order chi connectivity index (χ1) is 9.67. The van der Waals surface area contributed by atoms with Gasteiger partial charge in [0, 0.05) is 6.04 Å². The molecule has 1 amide bonds. The summed E-state index contributed by atoms with van der Waals surface area (Å²) in [4.78, 5) is 12.5. The molecule has 0 radical (unpaired) electrons. The van der Waals surface area contributed by atoms with Crippen LogP contribution < -0.4 is 20.1 Å². The van der Waals surface area contributed by atoms with E-state index < -0.39 is 0 Å². The molecule has 0 aromatic heterocycles. The SMILES string of the molecule is COc1cccc(OC)c1C(=O)NC(C)C1CCNC1. The van der Waals surface area contributed by atoms with Crippen molar-refractivity contribution in [1.29, 1.82) is 0 Å². The van der Waals surface area contributed by atoms with Gasteiger partial charge in [-0.05, 0) is 44.5 Å². The van der Waals surface area contributed by atoms with Crippen molar-refractivity contribution in [2.75, 3.05) is 27.3 Å². The highest BCUT2D eigenvalue weighted by Gasteiger charge is 2.25. The topological polar surface area (TPSA) is 59.6 Å². The third-order valence-corrected chi connectivity index (χ3v) is 3.82. The molecular weight excluding hydrogens is 256 g/mol. The van der Waals surface area contributed by atoms with E-state index >= 15 is 0 Å². The summed E-state index contributed by atoms with van der Waals surface area (Å²) >= 11 is 0. The van der Waals surface area contributed by atoms with Crippen LogP contribution in [-0.2, 0) is 0 Å². The van der Waals surface area contributed by atoms with Gasteiger partial charge < -0.3 is 20.1 Å². The summed E-state index contributed by atoms with van der Waals surface area (Å²) in [6.07, 6.45) is 1.09. The van der Waals surface area contributed by atoms with E-state index in [2.05, 4.69) is 10.6 Å². The van der Waals surface area contributed by atoms with Crippen molar-refractivity contribution in [3.63, 3.8) is 0 Å². The standard InChI is InChI=1S/C15H22N2O3/c1-10(11-7-8-16-9-11)17-15(18)14-12(19-2)5-4-6-13(14)20-3/h4-6,10-11,16H,7-9H2,1-3H3,(H,17,18). The molecule has 2 N–H and O–H groups in total. The van der Waals surface area contributed by atoms with Crippen molar-refractivity contribution in [2.45, 2.75) is 19.4 Å². The number of rotatable bonds is 5. The van der Waals surface area contributed by atoms with Gasteiger partial charge in [0.2, 0.25) is 0 Å². The van der Waals surface area contributed by atoms with Gasteiger partial charge >= 0.3 is 0 Å². The van der Waals surface area contributed by atoms with E-state index in [1.54, 1.807) is 32.4 Å². The molecule has 2 atom stereocenters. The van der Waals surface area contributed by atoms with Gasteiger partial charge in [-0.2, -0.15) is 0 Å². The fourth-order valence-corrected chi connectivity index (χ4v) is 2.58. The molecule has 1 aliphatic rings. The fourth-order valence-electron chi connectivity index (χ4n) is 2.58. The molecule has 0 spiro atoms. The number of hydrogen-bond donors (Lipinski definition) is 2. The minimum Gasteiger partial charge on any atom is -0.496 e. The minimum absolute atomic E-state index is 0.118. The van der Waals surface area contributed by atoms with E-state index in [9.17, 15) is 4.79 Å². The molecule has 1 heterocycles. The monoisotopic (exact) mass is 278 g/mol. The average molecular weight is 278 g/mol. The van der Waals surface area contributed by atoms with Gasteiger partial charge in [-0.15, -0.1) is 0 Å². The zero-order chi connectivity index (χ0) is 14.5. The Kier molecular flexibility index (Phi) is 4.84. The maximum atomic E-state index is 12.5. The van der Waals surface area contributed by atoms with E-state index in [-0.39, 0.29) is 11.9 Å². The Labute approximate surface area is 119 Å². The van der Waals surface area contributed by atoms with Crippen molar-refractivity contribution >= 4 is 5.91 Å². The summed E-state index contributed by atoms with van der Waals surface area (Å²) in [5, 5.41) is 6.36. The Balaban J connectivity index is 2.15. The van der Waals surface area contributed by atoms with Crippen molar-refractivity contribution in [1.82, 2.24) is 10.6 Å². The number of hydrogen-bond acceptors (Lipinski definition) is 4. The Morgan fingerprint density at radius 3 is 2.50 bits per heavy atom. The van der Waals surface area contributed by atoms with Gasteiger partial charge in [-0.25, -0.2) is 0 Å². The van der Waals surface area contributed by atoms with Crippen molar-refractivity contribution in [3.05, 3.63) is 23.8 Å². The van der Waals surface area contributed by atoms with Gasteiger partial charge in [0.15, 0.2) is 0 Å². The third-order valence-electron chi connectivity index (χ3n) is 3.82. The number of carbonyl (C=O) groups is 1. The van der Waals surface area contributed by atoms with Crippen LogP contribution in [0.1, 0.15) is 23.7 Å². The van der Waals surface area contributed by atoms with E-state index in [1.807, 2.05) is 6.92 Å². The predicted octanol–water partition coefficient (Wildman–Crippen LogP) is 1.43. The van der Waals surface area contributed by atoms with E-state index in [0.29, 0.717) is 23.0 Å². The van der Waals surface area contributed by atoms with Crippen molar-refractivity contribution in [3.8, 4) is 11.5 Å². The van der Waals surface area contributed by atoms with Gasteiger partial charge in [0.25, 0.3) is 5.91 Å². The lowest BCUT2D eigenvalue weighted by Crippen LogP contribution is -2.39. The molecule has 0 saturated carbocycles. The Hall–Kier alpha value is -1.75. The summed E-state index contributed by atoms with van der Waals surface area (Å²) in [5.74, 6) is 1.37. The van der Waals surface area contributed by atoms with Crippen LogP contribution in [0.3, 0.4) is 0 Å². The Morgan fingerprint density at radius 1 is 1.35 bits per heavy atom. The van der Waals surface area contributed by atoms with Crippen LogP contribution in [0.15, 0.2) is 18.2 Å². The summed E-state index contributed by atoms with van der Waals surface area (Å²) in [5.41, 5.74) is 0.454. The highest BCUT2D eigenvalue weighted by Crippen LogP contribution is 2.28. The summed E-state index contributed by atoms with van der Waals surface area (Å²) in [6, 6.07) is 5.45. The predicted molar refractivity (Wildman–Crippen MR) is 77.5 cm³/mol. The molecule has 20 heavy (non-hydrogen) atoms. The molecule has 5 heteroatoms. The smallest absolute Gasteiger partial charge is 0.259 e. The number of ether oxygens (including phenoxy) is 2. The number of amides is 1. The maximum Gasteiger partial charge on any atom is 0.259 e. The lowest BCUT2D eigenvalue weighted by atomic mass is 10.00. The molecule has 1 aromatic carbocycles. The molecule has 0 bridgehead atoms. The second kappa shape index (κ2) is 6.61. The van der Waals surface area contributed by atoms with Crippen LogP contribution in [0.5, 0.6) is 11.5 Å². The molecule has 110 valence electrons. The highest BCUT2D eigenvalue weighted by molar-refractivity contribution is 5.99. The van der Waals surface area contributed by atoms with Crippen molar-refractivity contribution in [2.24, 2.45) is 5.92 Å². The van der Waals surface area contributed by atoms with Crippen molar-refractivity contribution < 1.29 is 14.3 Å². The second-order valence-corrected chi connectivity index (χ2v) is 5.05. The quantitative estimate of drug-likeness (QED) is 0.855. The second-order valence-electron chi connectivity index (χ2n) is 5.05. The Morgan fingerprint density at radius 2 is 2.00 bits per heavy atom. The third kappa shape index (κ3) is 3.04. The molecule has 0 aliphatic carbocycles. The van der Waals surface area contributed by atoms with E-state index in [4.69, 9.17) is 9.47 Å². The number of benzene rings is 1. The van der Waals surface area contributed by atoms with E-state index in [0.717, 1.165) is 19.5 Å². The Bertz CT molecular complexity index is 448. The highest BCUT2D eigenvalue weighted by atomic mass is 16.5. The summed E-state index contributed by atoms with van der Waals surface area (Å²) < 4.78 is 10.5. The molecule has 1 aliphatic heterocycles. The van der Waals surface area contributed by atoms with Gasteiger partial charge in [0.1, 0.15) is 17.1 Å². The number of carbonyl (C=O) groups excluding carboxylic acids is 1. The van der Waals surface area contributed by atoms with Crippen LogP contribution in [0, 0.1) is 5.92 Å². The lowest BCUT2D eigenvalue weighted by molar-refractivity contribution is 0.0922. The fraction of sp³-hybridized carbons (Fsp3) is 0.533. The lowest BCUT2D eigenvalue weighted by Gasteiger charge is -2.21. The largest absolute Gasteiger partial charge is 0.496 e. The zero-order valence-electron chi connectivity index (χ0n) is 12.2. The molecule has 1 aromatic rings. The normalized spacial score (nSPS) is 19.4. The van der Waals surface area contributed by atoms with E-state index in [1.165, 1.54) is 0 Å². The molecule has 2 rings (SSSR count). The number of methoxy groups -OCH3 is 2. The van der Waals surface area contributed by atoms with Crippen LogP contribution in [0.2, 0.25) is 0 Å². The maximum absolute atomic E-state index is 12.5. The van der Waals surface area contributed by atoms with Crippen LogP contribution >= 0.6 is 0 Å². The van der Waals surface area contributed by atoms with Gasteiger partial charge in [-0.1, -0.05) is 6.07 Å². The van der Waals surface area contributed by atoms with Crippen LogP contribution in [-0.4, -0.2) is 39.3 Å². The molecule has 2 unspecified atom stereocenters. The summed E-state index contributed by atoms with van der Waals surface area (Å²) in [6.45, 7) is 4.00. The molecule has 1 saturated heterocycles. The average Bonchev–Trinajstić information content (AvgIpc) is 3.00. The first-order valence-corrected chi connectivity index (χ1v) is 6.90. The van der Waals surface area contributed by atoms with Gasteiger partial charge in [0.05, 0.1) is 14.2 Å². The molecule has 5 nitrogen and oxygen atoms in total. The summed E-state index contributed by atoms with van der Waals surface area (Å²) in [7, 11) is 3.10.